The Morgan fingerprint density at radius 2 is 2.00 bits per heavy atom. The van der Waals surface area contributed by atoms with E-state index in [9.17, 15) is 14.1 Å². The summed E-state index contributed by atoms with van der Waals surface area (Å²) in [6.07, 6.45) is 0. The molecule has 92 valence electrons. The van der Waals surface area contributed by atoms with E-state index in [2.05, 4.69) is 0 Å². The Hall–Kier alpha value is -1.36. The molecule has 4 nitrogen and oxygen atoms in total. The number of rotatable bonds is 1. The van der Waals surface area contributed by atoms with Crippen LogP contribution in [0.2, 0.25) is 0 Å². The maximum Gasteiger partial charge on any atom is 0.254 e. The predicted molar refractivity (Wildman–Crippen MR) is 66.6 cm³/mol. The van der Waals surface area contributed by atoms with Gasteiger partial charge in [0.2, 0.25) is 0 Å². The lowest BCUT2D eigenvalue weighted by Gasteiger charge is -2.27. The molecule has 17 heavy (non-hydrogen) atoms. The Kier molecular flexibility index (Phi) is 3.47. The van der Waals surface area contributed by atoms with E-state index in [0.29, 0.717) is 35.7 Å². The van der Waals surface area contributed by atoms with Crippen LogP contribution in [0.25, 0.3) is 0 Å². The Morgan fingerprint density at radius 1 is 1.35 bits per heavy atom. The van der Waals surface area contributed by atoms with Gasteiger partial charge in [-0.1, -0.05) is 6.07 Å². The van der Waals surface area contributed by atoms with Gasteiger partial charge in [-0.25, -0.2) is 0 Å². The minimum Gasteiger partial charge on any atom is -0.508 e. The lowest BCUT2D eigenvalue weighted by Crippen LogP contribution is -2.42. The van der Waals surface area contributed by atoms with Crippen molar-refractivity contribution in [1.29, 1.82) is 0 Å². The van der Waals surface area contributed by atoms with Gasteiger partial charge in [-0.15, -0.1) is 0 Å². The van der Waals surface area contributed by atoms with Crippen molar-refractivity contribution in [3.63, 3.8) is 0 Å². The monoisotopic (exact) mass is 253 g/mol. The van der Waals surface area contributed by atoms with E-state index in [-0.39, 0.29) is 11.7 Å². The SMILES string of the molecule is Cc1c(O)cccc1C(=O)N1CCS(=O)CC1. The summed E-state index contributed by atoms with van der Waals surface area (Å²) in [4.78, 5) is 13.9. The van der Waals surface area contributed by atoms with E-state index in [4.69, 9.17) is 0 Å². The van der Waals surface area contributed by atoms with Crippen molar-refractivity contribution in [2.24, 2.45) is 0 Å². The molecule has 1 amide bonds. The van der Waals surface area contributed by atoms with Gasteiger partial charge in [0.05, 0.1) is 0 Å². The smallest absolute Gasteiger partial charge is 0.254 e. The molecule has 0 saturated carbocycles. The molecule has 0 spiro atoms. The molecule has 0 aliphatic carbocycles. The number of aromatic hydroxyl groups is 1. The highest BCUT2D eigenvalue weighted by Crippen LogP contribution is 2.21. The van der Waals surface area contributed by atoms with Crippen molar-refractivity contribution < 1.29 is 14.1 Å². The van der Waals surface area contributed by atoms with E-state index in [1.807, 2.05) is 0 Å². The van der Waals surface area contributed by atoms with Crippen LogP contribution in [0.3, 0.4) is 0 Å². The zero-order valence-electron chi connectivity index (χ0n) is 9.68. The Labute approximate surface area is 103 Å². The minimum absolute atomic E-state index is 0.0879. The van der Waals surface area contributed by atoms with Crippen molar-refractivity contribution >= 4 is 16.7 Å². The van der Waals surface area contributed by atoms with Crippen molar-refractivity contribution in [3.05, 3.63) is 29.3 Å². The third-order valence-corrected chi connectivity index (χ3v) is 4.28. The summed E-state index contributed by atoms with van der Waals surface area (Å²) in [5, 5.41) is 9.57. The van der Waals surface area contributed by atoms with Crippen LogP contribution in [-0.4, -0.2) is 44.7 Å². The molecule has 1 fully saturated rings. The first-order valence-electron chi connectivity index (χ1n) is 5.52. The van der Waals surface area contributed by atoms with Crippen LogP contribution in [-0.2, 0) is 10.8 Å². The van der Waals surface area contributed by atoms with Crippen LogP contribution >= 0.6 is 0 Å². The third kappa shape index (κ3) is 2.49. The first-order chi connectivity index (χ1) is 8.09. The average molecular weight is 253 g/mol. The third-order valence-electron chi connectivity index (χ3n) is 3.00. The van der Waals surface area contributed by atoms with E-state index < -0.39 is 10.8 Å². The highest BCUT2D eigenvalue weighted by Gasteiger charge is 2.22. The average Bonchev–Trinajstić information content (AvgIpc) is 2.33. The van der Waals surface area contributed by atoms with Crippen molar-refractivity contribution in [1.82, 2.24) is 4.90 Å². The predicted octanol–water partition coefficient (Wildman–Crippen LogP) is 0.905. The molecule has 1 aromatic rings. The highest BCUT2D eigenvalue weighted by atomic mass is 32.2. The molecule has 0 radical (unpaired) electrons. The van der Waals surface area contributed by atoms with Gasteiger partial charge in [-0.05, 0) is 19.1 Å². The van der Waals surface area contributed by atoms with Crippen LogP contribution in [0, 0.1) is 6.92 Å². The molecule has 5 heteroatoms. The van der Waals surface area contributed by atoms with Crippen molar-refractivity contribution in [3.8, 4) is 5.75 Å². The first kappa shape index (κ1) is 12.1. The molecule has 1 heterocycles. The fraction of sp³-hybridized carbons (Fsp3) is 0.417. The van der Waals surface area contributed by atoms with Gasteiger partial charge in [0.1, 0.15) is 5.75 Å². The largest absolute Gasteiger partial charge is 0.508 e. The maximum absolute atomic E-state index is 12.2. The number of phenolic OH excluding ortho intramolecular Hbond substituents is 1. The van der Waals surface area contributed by atoms with Crippen LogP contribution in [0.15, 0.2) is 18.2 Å². The number of hydrogen-bond donors (Lipinski definition) is 1. The molecular formula is C12H15NO3S. The number of nitrogens with zero attached hydrogens (tertiary/aromatic N) is 1. The Balaban J connectivity index is 2.20. The van der Waals surface area contributed by atoms with E-state index in [0.717, 1.165) is 0 Å². The highest BCUT2D eigenvalue weighted by molar-refractivity contribution is 7.85. The summed E-state index contributed by atoms with van der Waals surface area (Å²) in [6.45, 7) is 2.78. The molecule has 1 saturated heterocycles. The maximum atomic E-state index is 12.2. The molecule has 2 rings (SSSR count). The van der Waals surface area contributed by atoms with E-state index >= 15 is 0 Å². The second kappa shape index (κ2) is 4.87. The number of carbonyl (C=O) groups is 1. The quantitative estimate of drug-likeness (QED) is 0.809. The molecule has 0 bridgehead atoms. The molecule has 1 aromatic carbocycles. The molecule has 1 aliphatic rings. The van der Waals surface area contributed by atoms with Gasteiger partial charge in [-0.2, -0.15) is 0 Å². The lowest BCUT2D eigenvalue weighted by atomic mass is 10.1. The van der Waals surface area contributed by atoms with Gasteiger partial charge >= 0.3 is 0 Å². The molecule has 1 aliphatic heterocycles. The topological polar surface area (TPSA) is 57.6 Å². The van der Waals surface area contributed by atoms with Gasteiger partial charge in [0, 0.05) is 46.5 Å². The summed E-state index contributed by atoms with van der Waals surface area (Å²) < 4.78 is 11.2. The first-order valence-corrected chi connectivity index (χ1v) is 7.01. The molecule has 0 atom stereocenters. The summed E-state index contributed by atoms with van der Waals surface area (Å²) in [7, 11) is -0.787. The standard InChI is InChI=1S/C12H15NO3S/c1-9-10(3-2-4-11(9)14)12(15)13-5-7-17(16)8-6-13/h2-4,14H,5-8H2,1H3. The van der Waals surface area contributed by atoms with E-state index in [1.54, 1.807) is 30.0 Å². The van der Waals surface area contributed by atoms with Gasteiger partial charge in [0.25, 0.3) is 5.91 Å². The van der Waals surface area contributed by atoms with Gasteiger partial charge < -0.3 is 10.0 Å². The fourth-order valence-corrected chi connectivity index (χ4v) is 2.92. The number of carbonyl (C=O) groups excluding carboxylic acids is 1. The van der Waals surface area contributed by atoms with Crippen molar-refractivity contribution in [2.75, 3.05) is 24.6 Å². The van der Waals surface area contributed by atoms with Crippen LogP contribution in [0.5, 0.6) is 5.75 Å². The van der Waals surface area contributed by atoms with Gasteiger partial charge in [0.15, 0.2) is 0 Å². The Bertz CT molecular complexity index is 463. The molecule has 1 N–H and O–H groups in total. The summed E-state index contributed by atoms with van der Waals surface area (Å²) in [5.74, 6) is 1.14. The second-order valence-electron chi connectivity index (χ2n) is 4.09. The Morgan fingerprint density at radius 3 is 2.65 bits per heavy atom. The number of hydrogen-bond acceptors (Lipinski definition) is 3. The minimum atomic E-state index is -0.787. The number of benzene rings is 1. The summed E-state index contributed by atoms with van der Waals surface area (Å²) >= 11 is 0. The lowest BCUT2D eigenvalue weighted by molar-refractivity contribution is 0.0770. The van der Waals surface area contributed by atoms with Gasteiger partial charge in [-0.3, -0.25) is 9.00 Å². The molecule has 0 unspecified atom stereocenters. The zero-order valence-corrected chi connectivity index (χ0v) is 10.5. The summed E-state index contributed by atoms with van der Waals surface area (Å²) in [6, 6.07) is 4.94. The normalized spacial score (nSPS) is 17.1. The second-order valence-corrected chi connectivity index (χ2v) is 5.79. The molecular weight excluding hydrogens is 238 g/mol. The molecule has 0 aromatic heterocycles. The van der Waals surface area contributed by atoms with Crippen LogP contribution in [0.1, 0.15) is 15.9 Å². The van der Waals surface area contributed by atoms with Crippen molar-refractivity contribution in [2.45, 2.75) is 6.92 Å². The fourth-order valence-electron chi connectivity index (χ4n) is 1.87. The number of phenols is 1. The van der Waals surface area contributed by atoms with E-state index in [1.165, 1.54) is 0 Å². The van der Waals surface area contributed by atoms with Crippen LogP contribution < -0.4 is 0 Å². The summed E-state index contributed by atoms with van der Waals surface area (Å²) in [5.41, 5.74) is 1.13. The van der Waals surface area contributed by atoms with Crippen LogP contribution in [0.4, 0.5) is 0 Å². The zero-order chi connectivity index (χ0) is 12.4. The number of amides is 1.